The van der Waals surface area contributed by atoms with Gasteiger partial charge in [0.15, 0.2) is 17.2 Å². The number of esters is 1. The average molecular weight is 455 g/mol. The van der Waals surface area contributed by atoms with E-state index in [2.05, 4.69) is 10.6 Å². The largest absolute Gasteiger partial charge is 0.486 e. The molecule has 0 saturated heterocycles. The summed E-state index contributed by atoms with van der Waals surface area (Å²) in [6.07, 6.45) is 0.743. The quantitative estimate of drug-likeness (QED) is 0.435. The van der Waals surface area contributed by atoms with Gasteiger partial charge in [0.1, 0.15) is 13.2 Å². The lowest BCUT2D eigenvalue weighted by molar-refractivity contribution is -0.116. The number of carbonyl (C=O) groups is 2. The molecule has 8 nitrogen and oxygen atoms in total. The summed E-state index contributed by atoms with van der Waals surface area (Å²) in [7, 11) is 0. The molecule has 0 fully saturated rings. The zero-order valence-corrected chi connectivity index (χ0v) is 19.1. The van der Waals surface area contributed by atoms with Gasteiger partial charge in [-0.25, -0.2) is 4.79 Å². The first-order valence-corrected chi connectivity index (χ1v) is 11.4. The number of anilines is 1. The maximum absolute atomic E-state index is 12.9. The molecule has 2 aliphatic heterocycles. The van der Waals surface area contributed by atoms with Crippen LogP contribution in [0.15, 0.2) is 30.3 Å². The molecule has 3 N–H and O–H groups in total. The third-order valence-corrected chi connectivity index (χ3v) is 5.84. The van der Waals surface area contributed by atoms with E-state index in [9.17, 15) is 14.7 Å². The van der Waals surface area contributed by atoms with Crippen LogP contribution in [0, 0.1) is 0 Å². The molecular formula is C25H30N2O6. The normalized spacial score (nSPS) is 16.6. The monoisotopic (exact) mass is 454 g/mol. The van der Waals surface area contributed by atoms with Crippen molar-refractivity contribution in [1.82, 2.24) is 5.32 Å². The minimum Gasteiger partial charge on any atom is -0.486 e. The van der Waals surface area contributed by atoms with E-state index in [1.165, 1.54) is 0 Å². The molecule has 0 aromatic heterocycles. The Bertz CT molecular complexity index is 1050. The van der Waals surface area contributed by atoms with Crippen molar-refractivity contribution in [3.8, 4) is 17.2 Å². The van der Waals surface area contributed by atoms with Gasteiger partial charge < -0.3 is 30.0 Å². The number of fused-ring (bicyclic) bond motifs is 2. The van der Waals surface area contributed by atoms with Gasteiger partial charge in [-0.15, -0.1) is 0 Å². The molecular weight excluding hydrogens is 424 g/mol. The second-order valence-corrected chi connectivity index (χ2v) is 8.58. The second kappa shape index (κ2) is 9.80. The molecule has 176 valence electrons. The first kappa shape index (κ1) is 23.1. The van der Waals surface area contributed by atoms with Crippen LogP contribution in [0.1, 0.15) is 61.2 Å². The molecule has 2 heterocycles. The first-order valence-electron chi connectivity index (χ1n) is 11.4. The molecule has 2 atom stereocenters. The summed E-state index contributed by atoms with van der Waals surface area (Å²) in [4.78, 5) is 25.0. The summed E-state index contributed by atoms with van der Waals surface area (Å²) in [6, 6.07) is 8.35. The molecule has 8 heteroatoms. The summed E-state index contributed by atoms with van der Waals surface area (Å²) in [5, 5.41) is 17.3. The van der Waals surface area contributed by atoms with E-state index in [-0.39, 0.29) is 23.7 Å². The summed E-state index contributed by atoms with van der Waals surface area (Å²) in [5.41, 5.74) is 2.27. The highest BCUT2D eigenvalue weighted by molar-refractivity contribution is 5.98. The SMILES string of the molecule is CCC(NC(C)C)C(O)c1ccc(OC(=O)c2ccc3c(c2)OCCO3)c2c1CCC(=O)N2. The van der Waals surface area contributed by atoms with Crippen molar-refractivity contribution in [2.75, 3.05) is 18.5 Å². The van der Waals surface area contributed by atoms with E-state index in [0.29, 0.717) is 48.8 Å². The number of amides is 1. The van der Waals surface area contributed by atoms with Crippen LogP contribution >= 0.6 is 0 Å². The zero-order valence-electron chi connectivity index (χ0n) is 19.1. The Morgan fingerprint density at radius 1 is 1.15 bits per heavy atom. The van der Waals surface area contributed by atoms with Gasteiger partial charge in [0, 0.05) is 18.5 Å². The minimum absolute atomic E-state index is 0.141. The smallest absolute Gasteiger partial charge is 0.343 e. The second-order valence-electron chi connectivity index (χ2n) is 8.58. The van der Waals surface area contributed by atoms with Crippen molar-refractivity contribution < 1.29 is 28.9 Å². The number of nitrogens with one attached hydrogen (secondary N) is 2. The summed E-state index contributed by atoms with van der Waals surface area (Å²) in [5.74, 6) is 0.598. The average Bonchev–Trinajstić information content (AvgIpc) is 2.81. The Balaban J connectivity index is 1.63. The molecule has 0 spiro atoms. The Hall–Kier alpha value is -3.10. The van der Waals surface area contributed by atoms with Crippen LogP contribution in [0.2, 0.25) is 0 Å². The van der Waals surface area contributed by atoms with E-state index in [4.69, 9.17) is 14.2 Å². The highest BCUT2D eigenvalue weighted by atomic mass is 16.6. The van der Waals surface area contributed by atoms with Crippen molar-refractivity contribution >= 4 is 17.6 Å². The van der Waals surface area contributed by atoms with Crippen molar-refractivity contribution in [2.45, 2.75) is 58.2 Å². The first-order chi connectivity index (χ1) is 15.9. The van der Waals surface area contributed by atoms with Gasteiger partial charge in [-0.1, -0.05) is 26.8 Å². The Kier molecular flexibility index (Phi) is 6.85. The Morgan fingerprint density at radius 3 is 2.64 bits per heavy atom. The van der Waals surface area contributed by atoms with Crippen LogP contribution in [0.4, 0.5) is 5.69 Å². The van der Waals surface area contributed by atoms with Crippen LogP contribution in [0.5, 0.6) is 17.2 Å². The molecule has 2 aliphatic rings. The highest BCUT2D eigenvalue weighted by Gasteiger charge is 2.29. The summed E-state index contributed by atoms with van der Waals surface area (Å²) >= 11 is 0. The van der Waals surface area contributed by atoms with Crippen molar-refractivity contribution in [1.29, 1.82) is 0 Å². The van der Waals surface area contributed by atoms with Crippen LogP contribution in [-0.2, 0) is 11.2 Å². The molecule has 33 heavy (non-hydrogen) atoms. The van der Waals surface area contributed by atoms with Gasteiger partial charge in [0.2, 0.25) is 5.91 Å². The van der Waals surface area contributed by atoms with Crippen LogP contribution < -0.4 is 24.8 Å². The van der Waals surface area contributed by atoms with Crippen LogP contribution in [0.25, 0.3) is 0 Å². The number of rotatable bonds is 7. The van der Waals surface area contributed by atoms with Crippen molar-refractivity contribution in [3.63, 3.8) is 0 Å². The molecule has 0 radical (unpaired) electrons. The van der Waals surface area contributed by atoms with Crippen LogP contribution in [0.3, 0.4) is 0 Å². The molecule has 0 saturated carbocycles. The molecule has 0 aliphatic carbocycles. The maximum Gasteiger partial charge on any atom is 0.343 e. The molecule has 0 bridgehead atoms. The van der Waals surface area contributed by atoms with Gasteiger partial charge in [0.05, 0.1) is 17.4 Å². The van der Waals surface area contributed by atoms with Gasteiger partial charge >= 0.3 is 5.97 Å². The van der Waals surface area contributed by atoms with E-state index in [1.54, 1.807) is 30.3 Å². The Labute approximate surface area is 193 Å². The lowest BCUT2D eigenvalue weighted by Crippen LogP contribution is -2.39. The summed E-state index contributed by atoms with van der Waals surface area (Å²) < 4.78 is 16.7. The standard InChI is InChI=1S/C25H30N2O6/c1-4-18(26-14(2)3)24(29)17-6-9-20(23-16(17)7-10-22(28)27-23)33-25(30)15-5-8-19-21(13-15)32-12-11-31-19/h5-6,8-9,13-14,18,24,26,29H,4,7,10-12H2,1-3H3,(H,27,28). The van der Waals surface area contributed by atoms with Gasteiger partial charge in [-0.3, -0.25) is 4.79 Å². The van der Waals surface area contributed by atoms with E-state index >= 15 is 0 Å². The fraction of sp³-hybridized carbons (Fsp3) is 0.440. The predicted octanol–water partition coefficient (Wildman–Crippen LogP) is 3.37. The number of benzene rings is 2. The maximum atomic E-state index is 12.9. The lowest BCUT2D eigenvalue weighted by atomic mass is 9.90. The highest BCUT2D eigenvalue weighted by Crippen LogP contribution is 2.39. The van der Waals surface area contributed by atoms with Crippen molar-refractivity contribution in [3.05, 3.63) is 47.0 Å². The molecule has 2 aromatic carbocycles. The topological polar surface area (TPSA) is 106 Å². The lowest BCUT2D eigenvalue weighted by Gasteiger charge is -2.30. The van der Waals surface area contributed by atoms with Crippen LogP contribution in [-0.4, -0.2) is 42.3 Å². The van der Waals surface area contributed by atoms with Gasteiger partial charge in [-0.2, -0.15) is 0 Å². The molecule has 2 aromatic rings. The molecule has 1 amide bonds. The van der Waals surface area contributed by atoms with E-state index in [1.807, 2.05) is 20.8 Å². The number of carbonyl (C=O) groups excluding carboxylic acids is 2. The number of hydrogen-bond acceptors (Lipinski definition) is 7. The van der Waals surface area contributed by atoms with Gasteiger partial charge in [0.25, 0.3) is 0 Å². The summed E-state index contributed by atoms with van der Waals surface area (Å²) in [6.45, 7) is 6.96. The number of ether oxygens (including phenoxy) is 3. The third kappa shape index (κ3) is 4.96. The number of aliphatic hydroxyl groups excluding tert-OH is 1. The molecule has 4 rings (SSSR count). The van der Waals surface area contributed by atoms with Gasteiger partial charge in [-0.05, 0) is 48.2 Å². The minimum atomic E-state index is -0.760. The molecule has 2 unspecified atom stereocenters. The van der Waals surface area contributed by atoms with E-state index in [0.717, 1.165) is 17.5 Å². The zero-order chi connectivity index (χ0) is 23.5. The fourth-order valence-corrected chi connectivity index (χ4v) is 4.26. The fourth-order valence-electron chi connectivity index (χ4n) is 4.26. The third-order valence-electron chi connectivity index (χ3n) is 5.84. The number of aliphatic hydroxyl groups is 1. The van der Waals surface area contributed by atoms with E-state index < -0.39 is 12.1 Å². The Morgan fingerprint density at radius 2 is 1.91 bits per heavy atom. The number of hydrogen-bond donors (Lipinski definition) is 3. The van der Waals surface area contributed by atoms with Crippen molar-refractivity contribution in [2.24, 2.45) is 0 Å². The predicted molar refractivity (Wildman–Crippen MR) is 123 cm³/mol.